The van der Waals surface area contributed by atoms with Crippen LogP contribution in [-0.2, 0) is 4.79 Å². The van der Waals surface area contributed by atoms with E-state index in [-0.39, 0.29) is 12.5 Å². The van der Waals surface area contributed by atoms with Crippen LogP contribution in [0.3, 0.4) is 0 Å². The normalized spacial score (nSPS) is 11.2. The van der Waals surface area contributed by atoms with Crippen LogP contribution < -0.4 is 10.6 Å². The molecule has 0 aromatic carbocycles. The zero-order valence-electron chi connectivity index (χ0n) is 11.2. The number of aliphatic imine (C=N–C) groups is 1. The highest BCUT2D eigenvalue weighted by Crippen LogP contribution is 1.87. The monoisotopic (exact) mass is 260 g/mol. The van der Waals surface area contributed by atoms with Crippen LogP contribution in [0.15, 0.2) is 4.99 Å². The Morgan fingerprint density at radius 1 is 1.29 bits per heavy atom. The fourth-order valence-electron chi connectivity index (χ4n) is 0.977. The van der Waals surface area contributed by atoms with Crippen molar-refractivity contribution in [2.75, 3.05) is 45.7 Å². The smallest absolute Gasteiger partial charge is 0.243 e. The van der Waals surface area contributed by atoms with Crippen LogP contribution in [0.4, 0.5) is 0 Å². The standard InChI is InChI=1S/C11H24N4OS/c1-5-6-12-11(13-7-8-17-4)14-9-10(16)15(2)3/h5-9H2,1-4H3,(H2,12,13,14). The summed E-state index contributed by atoms with van der Waals surface area (Å²) in [7, 11) is 3.47. The number of amides is 1. The van der Waals surface area contributed by atoms with Crippen LogP contribution in [0.1, 0.15) is 13.3 Å². The van der Waals surface area contributed by atoms with Gasteiger partial charge in [0.05, 0.1) is 0 Å². The van der Waals surface area contributed by atoms with E-state index in [2.05, 4.69) is 28.8 Å². The van der Waals surface area contributed by atoms with Crippen molar-refractivity contribution in [1.29, 1.82) is 0 Å². The lowest BCUT2D eigenvalue weighted by molar-refractivity contribution is -0.127. The van der Waals surface area contributed by atoms with E-state index in [1.54, 1.807) is 30.8 Å². The van der Waals surface area contributed by atoms with Gasteiger partial charge in [0.25, 0.3) is 0 Å². The molecular formula is C11H24N4OS. The van der Waals surface area contributed by atoms with Crippen LogP contribution in [-0.4, -0.2) is 62.5 Å². The number of carbonyl (C=O) groups excluding carboxylic acids is 1. The Morgan fingerprint density at radius 3 is 2.47 bits per heavy atom. The van der Waals surface area contributed by atoms with Gasteiger partial charge in [0.1, 0.15) is 6.54 Å². The van der Waals surface area contributed by atoms with Crippen molar-refractivity contribution in [3.63, 3.8) is 0 Å². The van der Waals surface area contributed by atoms with Gasteiger partial charge in [-0.15, -0.1) is 0 Å². The molecule has 1 amide bonds. The molecule has 0 aliphatic carbocycles. The summed E-state index contributed by atoms with van der Waals surface area (Å²) in [5.74, 6) is 1.75. The van der Waals surface area contributed by atoms with E-state index in [1.807, 2.05) is 0 Å². The van der Waals surface area contributed by atoms with Gasteiger partial charge in [-0.25, -0.2) is 4.99 Å². The molecule has 6 heteroatoms. The van der Waals surface area contributed by atoms with E-state index < -0.39 is 0 Å². The Kier molecular flexibility index (Phi) is 9.71. The third-order valence-electron chi connectivity index (χ3n) is 2.01. The van der Waals surface area contributed by atoms with Crippen LogP contribution in [0.2, 0.25) is 0 Å². The zero-order valence-corrected chi connectivity index (χ0v) is 12.1. The number of hydrogen-bond donors (Lipinski definition) is 2. The third kappa shape index (κ3) is 8.85. The van der Waals surface area contributed by atoms with Crippen LogP contribution >= 0.6 is 11.8 Å². The van der Waals surface area contributed by atoms with Crippen LogP contribution in [0, 0.1) is 0 Å². The molecule has 5 nitrogen and oxygen atoms in total. The summed E-state index contributed by atoms with van der Waals surface area (Å²) in [6.45, 7) is 4.00. The van der Waals surface area contributed by atoms with E-state index in [9.17, 15) is 4.79 Å². The Bertz CT molecular complexity index is 244. The summed E-state index contributed by atoms with van der Waals surface area (Å²) < 4.78 is 0. The number of rotatable bonds is 7. The van der Waals surface area contributed by atoms with Gasteiger partial charge >= 0.3 is 0 Å². The Labute approximate surface area is 108 Å². The Hall–Kier alpha value is -0.910. The molecule has 0 aromatic heterocycles. The van der Waals surface area contributed by atoms with Crippen LogP contribution in [0.25, 0.3) is 0 Å². The van der Waals surface area contributed by atoms with Gasteiger partial charge in [0.15, 0.2) is 5.96 Å². The first-order chi connectivity index (χ1) is 8.11. The topological polar surface area (TPSA) is 56.7 Å². The molecule has 0 fully saturated rings. The molecule has 0 spiro atoms. The van der Waals surface area contributed by atoms with Gasteiger partial charge < -0.3 is 15.5 Å². The van der Waals surface area contributed by atoms with E-state index in [0.29, 0.717) is 0 Å². The molecule has 0 bridgehead atoms. The lowest BCUT2D eigenvalue weighted by atomic mass is 10.5. The maximum atomic E-state index is 11.4. The van der Waals surface area contributed by atoms with Crippen molar-refractivity contribution >= 4 is 23.6 Å². The number of carbonyl (C=O) groups is 1. The average Bonchev–Trinajstić information content (AvgIpc) is 2.31. The van der Waals surface area contributed by atoms with Gasteiger partial charge in [-0.1, -0.05) is 6.92 Å². The van der Waals surface area contributed by atoms with Gasteiger partial charge in [-0.3, -0.25) is 4.79 Å². The predicted molar refractivity (Wildman–Crippen MR) is 75.7 cm³/mol. The molecular weight excluding hydrogens is 236 g/mol. The Morgan fingerprint density at radius 2 is 1.94 bits per heavy atom. The van der Waals surface area contributed by atoms with E-state index in [0.717, 1.165) is 31.2 Å². The summed E-state index contributed by atoms with van der Waals surface area (Å²) in [5.41, 5.74) is 0. The second-order valence-electron chi connectivity index (χ2n) is 3.80. The molecule has 0 radical (unpaired) electrons. The summed E-state index contributed by atoms with van der Waals surface area (Å²) in [6.07, 6.45) is 3.10. The number of nitrogens with one attached hydrogen (secondary N) is 2. The maximum Gasteiger partial charge on any atom is 0.243 e. The largest absolute Gasteiger partial charge is 0.356 e. The first kappa shape index (κ1) is 16.1. The fourth-order valence-corrected chi connectivity index (χ4v) is 1.28. The fraction of sp³-hybridized carbons (Fsp3) is 0.818. The van der Waals surface area contributed by atoms with Crippen molar-refractivity contribution in [1.82, 2.24) is 15.5 Å². The highest BCUT2D eigenvalue weighted by Gasteiger charge is 2.03. The lowest BCUT2D eigenvalue weighted by Gasteiger charge is -2.12. The number of guanidine groups is 1. The average molecular weight is 260 g/mol. The van der Waals surface area contributed by atoms with Gasteiger partial charge in [-0.2, -0.15) is 11.8 Å². The quantitative estimate of drug-likeness (QED) is 0.395. The molecule has 17 heavy (non-hydrogen) atoms. The Balaban J connectivity index is 4.14. The maximum absolute atomic E-state index is 11.4. The van der Waals surface area contributed by atoms with Crippen molar-refractivity contribution in [3.05, 3.63) is 0 Å². The second-order valence-corrected chi connectivity index (χ2v) is 4.78. The molecule has 2 N–H and O–H groups in total. The minimum atomic E-state index is 0.00691. The van der Waals surface area contributed by atoms with Crippen LogP contribution in [0.5, 0.6) is 0 Å². The van der Waals surface area contributed by atoms with Crippen molar-refractivity contribution < 1.29 is 4.79 Å². The second kappa shape index (κ2) is 10.3. The minimum absolute atomic E-state index is 0.00691. The van der Waals surface area contributed by atoms with Crippen molar-refractivity contribution in [3.8, 4) is 0 Å². The minimum Gasteiger partial charge on any atom is -0.356 e. The molecule has 0 rings (SSSR count). The molecule has 0 atom stereocenters. The molecule has 0 aliphatic rings. The third-order valence-corrected chi connectivity index (χ3v) is 2.62. The highest BCUT2D eigenvalue weighted by atomic mass is 32.2. The van der Waals surface area contributed by atoms with Gasteiger partial charge in [0.2, 0.25) is 5.91 Å². The molecule has 100 valence electrons. The van der Waals surface area contributed by atoms with Crippen molar-refractivity contribution in [2.45, 2.75) is 13.3 Å². The molecule has 0 aromatic rings. The first-order valence-electron chi connectivity index (χ1n) is 5.83. The summed E-state index contributed by atoms with van der Waals surface area (Å²) in [4.78, 5) is 17.2. The van der Waals surface area contributed by atoms with E-state index in [4.69, 9.17) is 0 Å². The molecule has 0 unspecified atom stereocenters. The summed E-state index contributed by atoms with van der Waals surface area (Å²) in [6, 6.07) is 0. The molecule has 0 saturated carbocycles. The zero-order chi connectivity index (χ0) is 13.1. The molecule has 0 aliphatic heterocycles. The van der Waals surface area contributed by atoms with Gasteiger partial charge in [0, 0.05) is 32.9 Å². The SMILES string of the molecule is CCCNC(=NCC(=O)N(C)C)NCCSC. The molecule has 0 saturated heterocycles. The molecule has 0 heterocycles. The summed E-state index contributed by atoms with van der Waals surface area (Å²) in [5, 5.41) is 6.38. The van der Waals surface area contributed by atoms with E-state index >= 15 is 0 Å². The number of nitrogens with zero attached hydrogens (tertiary/aromatic N) is 2. The number of likely N-dealkylation sites (N-methyl/N-ethyl adjacent to an activating group) is 1. The predicted octanol–water partition coefficient (Wildman–Crippen LogP) is 0.383. The summed E-state index contributed by atoms with van der Waals surface area (Å²) >= 11 is 1.78. The highest BCUT2D eigenvalue weighted by molar-refractivity contribution is 7.98. The number of thioether (sulfide) groups is 1. The number of hydrogen-bond acceptors (Lipinski definition) is 3. The van der Waals surface area contributed by atoms with Gasteiger partial charge in [-0.05, 0) is 12.7 Å². The lowest BCUT2D eigenvalue weighted by Crippen LogP contribution is -2.39. The van der Waals surface area contributed by atoms with E-state index in [1.165, 1.54) is 0 Å². The first-order valence-corrected chi connectivity index (χ1v) is 7.22. The van der Waals surface area contributed by atoms with Crippen molar-refractivity contribution in [2.24, 2.45) is 4.99 Å².